The first-order valence-corrected chi connectivity index (χ1v) is 6.39. The number of hydrogen-bond acceptors (Lipinski definition) is 4. The number of methoxy groups -OCH3 is 1. The van der Waals surface area contributed by atoms with E-state index in [1.54, 1.807) is 7.11 Å². The Bertz CT molecular complexity index is 356. The number of aromatic nitrogens is 2. The summed E-state index contributed by atoms with van der Waals surface area (Å²) in [6, 6.07) is 1.84. The van der Waals surface area contributed by atoms with Crippen LogP contribution in [-0.4, -0.2) is 23.6 Å². The minimum Gasteiger partial charge on any atom is -0.481 e. The van der Waals surface area contributed by atoms with Crippen LogP contribution in [0.1, 0.15) is 32.6 Å². The van der Waals surface area contributed by atoms with Gasteiger partial charge in [0.25, 0.3) is 0 Å². The van der Waals surface area contributed by atoms with Crippen LogP contribution in [0.2, 0.25) is 0 Å². The van der Waals surface area contributed by atoms with Crippen molar-refractivity contribution in [2.24, 2.45) is 11.8 Å². The predicted octanol–water partition coefficient (Wildman–Crippen LogP) is 2.72. The third-order valence-corrected chi connectivity index (χ3v) is 3.69. The molecule has 0 bridgehead atoms. The van der Waals surface area contributed by atoms with Crippen LogP contribution < -0.4 is 10.1 Å². The van der Waals surface area contributed by atoms with Gasteiger partial charge in [-0.05, 0) is 18.3 Å². The van der Waals surface area contributed by atoms with Crippen molar-refractivity contribution in [2.45, 2.75) is 32.6 Å². The smallest absolute Gasteiger partial charge is 0.218 e. The fourth-order valence-electron chi connectivity index (χ4n) is 2.48. The number of anilines is 1. The molecular weight excluding hydrogens is 214 g/mol. The Morgan fingerprint density at radius 1 is 1.35 bits per heavy atom. The number of nitrogens with zero attached hydrogens (tertiary/aromatic N) is 2. The Labute approximate surface area is 103 Å². The zero-order chi connectivity index (χ0) is 12.1. The van der Waals surface area contributed by atoms with Crippen LogP contribution in [0.5, 0.6) is 5.88 Å². The first kappa shape index (κ1) is 12.1. The second-order valence-electron chi connectivity index (χ2n) is 4.85. The third-order valence-electron chi connectivity index (χ3n) is 3.69. The second-order valence-corrected chi connectivity index (χ2v) is 4.85. The maximum atomic E-state index is 5.08. The standard InChI is InChI=1S/C13H21N3O/c1-10-5-3-4-6-11(10)8-14-12-7-13(17-2)16-9-15-12/h7,9-11H,3-6,8H2,1-2H3,(H,14,15,16). The van der Waals surface area contributed by atoms with Gasteiger partial charge in [-0.25, -0.2) is 9.97 Å². The van der Waals surface area contributed by atoms with Gasteiger partial charge in [0.2, 0.25) is 5.88 Å². The van der Waals surface area contributed by atoms with Gasteiger partial charge in [-0.15, -0.1) is 0 Å². The molecule has 1 saturated carbocycles. The van der Waals surface area contributed by atoms with Crippen molar-refractivity contribution in [3.05, 3.63) is 12.4 Å². The first-order chi connectivity index (χ1) is 8.29. The molecule has 1 heterocycles. The molecule has 0 aliphatic heterocycles. The molecule has 1 aliphatic carbocycles. The number of rotatable bonds is 4. The SMILES string of the molecule is COc1cc(NCC2CCCCC2C)ncn1. The van der Waals surface area contributed by atoms with E-state index in [4.69, 9.17) is 4.74 Å². The first-order valence-electron chi connectivity index (χ1n) is 6.39. The molecule has 2 unspecified atom stereocenters. The van der Waals surface area contributed by atoms with Crippen LogP contribution >= 0.6 is 0 Å². The summed E-state index contributed by atoms with van der Waals surface area (Å²) in [7, 11) is 1.62. The maximum absolute atomic E-state index is 5.08. The molecule has 4 heteroatoms. The molecule has 94 valence electrons. The van der Waals surface area contributed by atoms with Gasteiger partial charge < -0.3 is 10.1 Å². The molecule has 1 fully saturated rings. The van der Waals surface area contributed by atoms with Crippen molar-refractivity contribution in [3.63, 3.8) is 0 Å². The average molecular weight is 235 g/mol. The van der Waals surface area contributed by atoms with Gasteiger partial charge in [-0.1, -0.05) is 26.2 Å². The summed E-state index contributed by atoms with van der Waals surface area (Å²) in [5.41, 5.74) is 0. The van der Waals surface area contributed by atoms with Crippen LogP contribution in [-0.2, 0) is 0 Å². The highest BCUT2D eigenvalue weighted by Gasteiger charge is 2.20. The summed E-state index contributed by atoms with van der Waals surface area (Å²) in [5.74, 6) is 3.05. The number of hydrogen-bond donors (Lipinski definition) is 1. The van der Waals surface area contributed by atoms with E-state index in [0.717, 1.165) is 24.2 Å². The second kappa shape index (κ2) is 5.84. The summed E-state index contributed by atoms with van der Waals surface area (Å²) >= 11 is 0. The highest BCUT2D eigenvalue weighted by molar-refractivity contribution is 5.36. The fraction of sp³-hybridized carbons (Fsp3) is 0.692. The molecule has 1 N–H and O–H groups in total. The molecular formula is C13H21N3O. The normalized spacial score (nSPS) is 24.4. The van der Waals surface area contributed by atoms with E-state index < -0.39 is 0 Å². The quantitative estimate of drug-likeness (QED) is 0.871. The molecule has 0 amide bonds. The van der Waals surface area contributed by atoms with E-state index in [1.165, 1.54) is 32.0 Å². The Morgan fingerprint density at radius 3 is 2.94 bits per heavy atom. The van der Waals surface area contributed by atoms with Gasteiger partial charge >= 0.3 is 0 Å². The van der Waals surface area contributed by atoms with Crippen LogP contribution in [0, 0.1) is 11.8 Å². The molecule has 17 heavy (non-hydrogen) atoms. The Balaban J connectivity index is 1.88. The summed E-state index contributed by atoms with van der Waals surface area (Å²) in [6.45, 7) is 3.35. The molecule has 0 aromatic carbocycles. The minimum atomic E-state index is 0.610. The summed E-state index contributed by atoms with van der Waals surface area (Å²) in [6.07, 6.45) is 6.98. The topological polar surface area (TPSA) is 47.0 Å². The van der Waals surface area contributed by atoms with Crippen LogP contribution in [0.4, 0.5) is 5.82 Å². The van der Waals surface area contributed by atoms with Gasteiger partial charge in [0.1, 0.15) is 12.1 Å². The lowest BCUT2D eigenvalue weighted by Crippen LogP contribution is -2.24. The Morgan fingerprint density at radius 2 is 2.18 bits per heavy atom. The van der Waals surface area contributed by atoms with E-state index in [9.17, 15) is 0 Å². The highest BCUT2D eigenvalue weighted by atomic mass is 16.5. The van der Waals surface area contributed by atoms with Crippen molar-refractivity contribution in [1.29, 1.82) is 0 Å². The number of ether oxygens (including phenoxy) is 1. The molecule has 4 nitrogen and oxygen atoms in total. The van der Waals surface area contributed by atoms with Gasteiger partial charge in [-0.2, -0.15) is 0 Å². The molecule has 2 atom stereocenters. The molecule has 0 saturated heterocycles. The van der Waals surface area contributed by atoms with E-state index >= 15 is 0 Å². The average Bonchev–Trinajstić information content (AvgIpc) is 2.38. The Hall–Kier alpha value is -1.32. The summed E-state index contributed by atoms with van der Waals surface area (Å²) < 4.78 is 5.08. The lowest BCUT2D eigenvalue weighted by molar-refractivity contribution is 0.268. The fourth-order valence-corrected chi connectivity index (χ4v) is 2.48. The molecule has 0 spiro atoms. The number of nitrogens with one attached hydrogen (secondary N) is 1. The summed E-state index contributed by atoms with van der Waals surface area (Å²) in [4.78, 5) is 8.19. The van der Waals surface area contributed by atoms with E-state index in [0.29, 0.717) is 5.88 Å². The highest BCUT2D eigenvalue weighted by Crippen LogP contribution is 2.29. The lowest BCUT2D eigenvalue weighted by Gasteiger charge is -2.28. The molecule has 1 aromatic rings. The third kappa shape index (κ3) is 3.32. The molecule has 0 radical (unpaired) electrons. The zero-order valence-corrected chi connectivity index (χ0v) is 10.6. The predicted molar refractivity (Wildman–Crippen MR) is 68.2 cm³/mol. The van der Waals surface area contributed by atoms with Crippen LogP contribution in [0.15, 0.2) is 12.4 Å². The van der Waals surface area contributed by atoms with Gasteiger partial charge in [-0.3, -0.25) is 0 Å². The van der Waals surface area contributed by atoms with Crippen LogP contribution in [0.25, 0.3) is 0 Å². The molecule has 1 aliphatic rings. The van der Waals surface area contributed by atoms with E-state index in [2.05, 4.69) is 22.2 Å². The van der Waals surface area contributed by atoms with Gasteiger partial charge in [0, 0.05) is 12.6 Å². The van der Waals surface area contributed by atoms with Crippen LogP contribution in [0.3, 0.4) is 0 Å². The monoisotopic (exact) mass is 235 g/mol. The van der Waals surface area contributed by atoms with Crippen molar-refractivity contribution in [3.8, 4) is 5.88 Å². The minimum absolute atomic E-state index is 0.610. The van der Waals surface area contributed by atoms with Gasteiger partial charge in [0.15, 0.2) is 0 Å². The van der Waals surface area contributed by atoms with Gasteiger partial charge in [0.05, 0.1) is 7.11 Å². The van der Waals surface area contributed by atoms with Crippen molar-refractivity contribution in [1.82, 2.24) is 9.97 Å². The largest absolute Gasteiger partial charge is 0.481 e. The molecule has 2 rings (SSSR count). The maximum Gasteiger partial charge on any atom is 0.218 e. The Kier molecular flexibility index (Phi) is 4.18. The van der Waals surface area contributed by atoms with Crippen molar-refractivity contribution < 1.29 is 4.74 Å². The molecule has 1 aromatic heterocycles. The zero-order valence-electron chi connectivity index (χ0n) is 10.6. The lowest BCUT2D eigenvalue weighted by atomic mass is 9.80. The van der Waals surface area contributed by atoms with Crippen molar-refractivity contribution >= 4 is 5.82 Å². The van der Waals surface area contributed by atoms with E-state index in [1.807, 2.05) is 6.07 Å². The van der Waals surface area contributed by atoms with E-state index in [-0.39, 0.29) is 0 Å². The summed E-state index contributed by atoms with van der Waals surface area (Å²) in [5, 5.41) is 3.39. The van der Waals surface area contributed by atoms with Crippen molar-refractivity contribution in [2.75, 3.05) is 19.0 Å².